The van der Waals surface area contributed by atoms with Crippen molar-refractivity contribution < 1.29 is 4.79 Å². The lowest BCUT2D eigenvalue weighted by molar-refractivity contribution is -0.115. The van der Waals surface area contributed by atoms with Gasteiger partial charge in [0.1, 0.15) is 10.6 Å². The van der Waals surface area contributed by atoms with Crippen LogP contribution >= 0.6 is 46.3 Å². The molecule has 0 radical (unpaired) electrons. The van der Waals surface area contributed by atoms with Gasteiger partial charge in [0, 0.05) is 9.90 Å². The fourth-order valence-corrected chi connectivity index (χ4v) is 4.56. The summed E-state index contributed by atoms with van der Waals surface area (Å²) >= 11 is 14.9. The number of nitrogens with two attached hydrogens (primary N) is 1. The SMILES string of the molecule is Cc1sc2nc(SC(C)C(=O)Nc3cc(Cl)ccc3Cl)nc(N)c2c1C. The molecule has 0 spiro atoms. The van der Waals surface area contributed by atoms with Gasteiger partial charge < -0.3 is 11.1 Å². The van der Waals surface area contributed by atoms with Crippen LogP contribution in [-0.2, 0) is 4.79 Å². The first-order chi connectivity index (χ1) is 12.3. The van der Waals surface area contributed by atoms with Crippen LogP contribution in [0, 0.1) is 13.8 Å². The van der Waals surface area contributed by atoms with E-state index in [0.29, 0.717) is 26.7 Å². The van der Waals surface area contributed by atoms with Gasteiger partial charge in [-0.15, -0.1) is 11.3 Å². The molecule has 0 bridgehead atoms. The zero-order valence-corrected chi connectivity index (χ0v) is 17.4. The van der Waals surface area contributed by atoms with E-state index in [9.17, 15) is 4.79 Å². The third-order valence-corrected chi connectivity index (χ3v) is 6.50. The molecule has 1 atom stereocenters. The minimum Gasteiger partial charge on any atom is -0.383 e. The molecule has 0 fully saturated rings. The van der Waals surface area contributed by atoms with Crippen LogP contribution in [0.15, 0.2) is 23.4 Å². The Morgan fingerprint density at radius 3 is 2.77 bits per heavy atom. The number of hydrogen-bond acceptors (Lipinski definition) is 6. The van der Waals surface area contributed by atoms with Gasteiger partial charge in [0.25, 0.3) is 0 Å². The van der Waals surface area contributed by atoms with Gasteiger partial charge >= 0.3 is 0 Å². The molecular formula is C17H16Cl2N4OS2. The summed E-state index contributed by atoms with van der Waals surface area (Å²) in [6, 6.07) is 4.90. The third-order valence-electron chi connectivity index (χ3n) is 3.87. The molecule has 2 aromatic heterocycles. The van der Waals surface area contributed by atoms with E-state index in [1.165, 1.54) is 11.8 Å². The number of aryl methyl sites for hydroxylation is 2. The topological polar surface area (TPSA) is 80.9 Å². The number of nitrogens with zero attached hydrogens (tertiary/aromatic N) is 2. The molecule has 1 amide bonds. The number of fused-ring (bicyclic) bond motifs is 1. The second kappa shape index (κ2) is 7.60. The summed E-state index contributed by atoms with van der Waals surface area (Å²) in [5.41, 5.74) is 7.66. The molecule has 5 nitrogen and oxygen atoms in total. The zero-order chi connectivity index (χ0) is 19.0. The van der Waals surface area contributed by atoms with Gasteiger partial charge in [0.05, 0.1) is 21.3 Å². The Labute approximate surface area is 169 Å². The molecule has 1 unspecified atom stereocenters. The van der Waals surface area contributed by atoms with Crippen molar-refractivity contribution >= 4 is 73.9 Å². The molecule has 0 aliphatic rings. The number of carbonyl (C=O) groups excluding carboxylic acids is 1. The smallest absolute Gasteiger partial charge is 0.237 e. The minimum absolute atomic E-state index is 0.222. The van der Waals surface area contributed by atoms with Gasteiger partial charge in [-0.05, 0) is 44.5 Å². The van der Waals surface area contributed by atoms with Crippen molar-refractivity contribution in [2.75, 3.05) is 11.1 Å². The number of benzene rings is 1. The Kier molecular flexibility index (Phi) is 5.62. The first-order valence-electron chi connectivity index (χ1n) is 7.72. The highest BCUT2D eigenvalue weighted by molar-refractivity contribution is 8.00. The molecule has 136 valence electrons. The molecule has 3 aromatic rings. The molecule has 26 heavy (non-hydrogen) atoms. The monoisotopic (exact) mass is 426 g/mol. The van der Waals surface area contributed by atoms with E-state index in [2.05, 4.69) is 15.3 Å². The average Bonchev–Trinajstić information content (AvgIpc) is 2.85. The normalized spacial score (nSPS) is 12.3. The van der Waals surface area contributed by atoms with Crippen molar-refractivity contribution in [3.63, 3.8) is 0 Å². The number of thiophene rings is 1. The fourth-order valence-electron chi connectivity index (χ4n) is 2.35. The quantitative estimate of drug-likeness (QED) is 0.435. The van der Waals surface area contributed by atoms with Crippen LogP contribution in [-0.4, -0.2) is 21.1 Å². The van der Waals surface area contributed by atoms with Crippen LogP contribution in [0.5, 0.6) is 0 Å². The molecule has 0 saturated carbocycles. The van der Waals surface area contributed by atoms with E-state index in [-0.39, 0.29) is 5.91 Å². The average molecular weight is 427 g/mol. The maximum absolute atomic E-state index is 12.5. The summed E-state index contributed by atoms with van der Waals surface area (Å²) in [5.74, 6) is 0.213. The van der Waals surface area contributed by atoms with Crippen LogP contribution in [0.4, 0.5) is 11.5 Å². The zero-order valence-electron chi connectivity index (χ0n) is 14.3. The lowest BCUT2D eigenvalue weighted by Crippen LogP contribution is -2.23. The van der Waals surface area contributed by atoms with Crippen molar-refractivity contribution in [3.05, 3.63) is 38.7 Å². The largest absolute Gasteiger partial charge is 0.383 e. The predicted molar refractivity (Wildman–Crippen MR) is 112 cm³/mol. The lowest BCUT2D eigenvalue weighted by Gasteiger charge is -2.12. The first-order valence-corrected chi connectivity index (χ1v) is 10.2. The molecule has 0 aliphatic carbocycles. The maximum atomic E-state index is 12.5. The molecule has 9 heteroatoms. The van der Waals surface area contributed by atoms with Gasteiger partial charge in [-0.1, -0.05) is 35.0 Å². The lowest BCUT2D eigenvalue weighted by atomic mass is 10.2. The molecule has 3 N–H and O–H groups in total. The highest BCUT2D eigenvalue weighted by Crippen LogP contribution is 2.34. The van der Waals surface area contributed by atoms with E-state index in [0.717, 1.165) is 20.7 Å². The van der Waals surface area contributed by atoms with Crippen molar-refractivity contribution in [1.29, 1.82) is 0 Å². The van der Waals surface area contributed by atoms with Gasteiger partial charge in [0.15, 0.2) is 5.16 Å². The van der Waals surface area contributed by atoms with Crippen LogP contribution in [0.1, 0.15) is 17.4 Å². The van der Waals surface area contributed by atoms with E-state index in [4.69, 9.17) is 28.9 Å². The van der Waals surface area contributed by atoms with Gasteiger partial charge in [-0.2, -0.15) is 0 Å². The van der Waals surface area contributed by atoms with E-state index in [1.54, 1.807) is 36.5 Å². The standard InChI is InChI=1S/C17H16Cl2N4OS2/c1-7-8(2)25-16-13(7)14(20)22-17(23-16)26-9(3)15(24)21-12-6-10(18)4-5-11(12)19/h4-6,9H,1-3H3,(H,21,24)(H2,20,22,23). The van der Waals surface area contributed by atoms with Crippen molar-refractivity contribution in [2.45, 2.75) is 31.2 Å². The Morgan fingerprint density at radius 2 is 2.04 bits per heavy atom. The molecule has 0 aliphatic heterocycles. The van der Waals surface area contributed by atoms with Gasteiger partial charge in [0.2, 0.25) is 5.91 Å². The summed E-state index contributed by atoms with van der Waals surface area (Å²) in [7, 11) is 0. The van der Waals surface area contributed by atoms with Crippen molar-refractivity contribution in [2.24, 2.45) is 0 Å². The molecule has 2 heterocycles. The number of rotatable bonds is 4. The number of halogens is 2. The fraction of sp³-hybridized carbons (Fsp3) is 0.235. The number of aromatic nitrogens is 2. The number of carbonyl (C=O) groups is 1. The van der Waals surface area contributed by atoms with E-state index >= 15 is 0 Å². The summed E-state index contributed by atoms with van der Waals surface area (Å²) in [6.45, 7) is 5.80. The van der Waals surface area contributed by atoms with Crippen LogP contribution in [0.2, 0.25) is 10.0 Å². The van der Waals surface area contributed by atoms with Crippen molar-refractivity contribution in [3.8, 4) is 0 Å². The number of nitrogen functional groups attached to an aromatic ring is 1. The second-order valence-electron chi connectivity index (χ2n) is 5.73. The summed E-state index contributed by atoms with van der Waals surface area (Å²) in [5, 5.41) is 4.61. The molecular weight excluding hydrogens is 411 g/mol. The molecule has 1 aromatic carbocycles. The summed E-state index contributed by atoms with van der Waals surface area (Å²) < 4.78 is 0. The third kappa shape index (κ3) is 3.91. The Hall–Kier alpha value is -1.54. The molecule has 3 rings (SSSR count). The van der Waals surface area contributed by atoms with E-state index < -0.39 is 5.25 Å². The Balaban J connectivity index is 1.79. The van der Waals surface area contributed by atoms with Crippen LogP contribution < -0.4 is 11.1 Å². The van der Waals surface area contributed by atoms with Gasteiger partial charge in [-0.3, -0.25) is 4.79 Å². The second-order valence-corrected chi connectivity index (χ2v) is 9.08. The number of nitrogens with one attached hydrogen (secondary N) is 1. The minimum atomic E-state index is -0.441. The number of hydrogen-bond donors (Lipinski definition) is 2. The Bertz CT molecular complexity index is 1010. The van der Waals surface area contributed by atoms with Gasteiger partial charge in [-0.25, -0.2) is 9.97 Å². The molecule has 0 saturated heterocycles. The first kappa shape index (κ1) is 19.2. The predicted octanol–water partition coefficient (Wildman–Crippen LogP) is 5.32. The van der Waals surface area contributed by atoms with Crippen LogP contribution in [0.25, 0.3) is 10.2 Å². The Morgan fingerprint density at radius 1 is 1.31 bits per heavy atom. The maximum Gasteiger partial charge on any atom is 0.237 e. The summed E-state index contributed by atoms with van der Waals surface area (Å²) in [4.78, 5) is 23.3. The number of thioether (sulfide) groups is 1. The van der Waals surface area contributed by atoms with Crippen LogP contribution in [0.3, 0.4) is 0 Å². The summed E-state index contributed by atoms with van der Waals surface area (Å²) in [6.07, 6.45) is 0. The highest BCUT2D eigenvalue weighted by atomic mass is 35.5. The van der Waals surface area contributed by atoms with Crippen molar-refractivity contribution in [1.82, 2.24) is 9.97 Å². The number of amides is 1. The highest BCUT2D eigenvalue weighted by Gasteiger charge is 2.19. The van der Waals surface area contributed by atoms with E-state index in [1.807, 2.05) is 13.8 Å². The number of anilines is 2.